The molecule has 0 bridgehead atoms. The van der Waals surface area contributed by atoms with E-state index in [2.05, 4.69) is 34.0 Å². The Labute approximate surface area is 151 Å². The van der Waals surface area contributed by atoms with Crippen molar-refractivity contribution in [1.29, 1.82) is 0 Å². The van der Waals surface area contributed by atoms with E-state index in [4.69, 9.17) is 5.73 Å². The topological polar surface area (TPSA) is 67.1 Å². The maximum absolute atomic E-state index is 6.09. The molecule has 4 rings (SSSR count). The number of aromatic nitrogens is 2. The number of piperidine rings is 1. The smallest absolute Gasteiger partial charge is 0.225 e. The maximum Gasteiger partial charge on any atom is 0.225 e. The van der Waals surface area contributed by atoms with Crippen molar-refractivity contribution in [2.24, 2.45) is 29.4 Å². The van der Waals surface area contributed by atoms with Crippen molar-refractivity contribution in [3.63, 3.8) is 0 Å². The van der Waals surface area contributed by atoms with Gasteiger partial charge in [-0.3, -0.25) is 0 Å². The van der Waals surface area contributed by atoms with Crippen LogP contribution in [0.4, 0.5) is 11.6 Å². The summed E-state index contributed by atoms with van der Waals surface area (Å²) < 4.78 is 0. The molecule has 1 aromatic rings. The van der Waals surface area contributed by atoms with E-state index in [1.165, 1.54) is 38.5 Å². The Hall–Kier alpha value is -1.36. The molecule has 138 valence electrons. The van der Waals surface area contributed by atoms with E-state index in [9.17, 15) is 0 Å². The third-order valence-corrected chi connectivity index (χ3v) is 6.83. The van der Waals surface area contributed by atoms with Crippen LogP contribution in [0.2, 0.25) is 0 Å². The van der Waals surface area contributed by atoms with Crippen LogP contribution in [0.5, 0.6) is 0 Å². The van der Waals surface area contributed by atoms with Crippen molar-refractivity contribution in [3.8, 4) is 0 Å². The first-order valence-corrected chi connectivity index (χ1v) is 10.2. The Balaban J connectivity index is 1.29. The highest BCUT2D eigenvalue weighted by molar-refractivity contribution is 5.43. The van der Waals surface area contributed by atoms with Crippen LogP contribution in [0.3, 0.4) is 0 Å². The molecule has 1 aliphatic heterocycles. The minimum absolute atomic E-state index is 0.443. The standard InChI is InChI=1S/C20H33N5/c1-13(2)14-3-5-25(6-4-14)20-22-11-19(12-23-20)24-18-9-15-7-17(21)8-16(15)10-18/h11-18,24H,3-10,21H2,1-2H3/t15-,16+,17?,18?. The lowest BCUT2D eigenvalue weighted by atomic mass is 9.87. The monoisotopic (exact) mass is 343 g/mol. The SMILES string of the molecule is CC(C)C1CCN(c2ncc(NC3C[C@H]4CC(N)C[C@H]4C3)cn2)CC1. The fourth-order valence-corrected chi connectivity index (χ4v) is 5.34. The Bertz CT molecular complexity index is 550. The lowest BCUT2D eigenvalue weighted by molar-refractivity contribution is 0.310. The highest BCUT2D eigenvalue weighted by atomic mass is 15.3. The Morgan fingerprint density at radius 1 is 1.04 bits per heavy atom. The zero-order chi connectivity index (χ0) is 17.4. The van der Waals surface area contributed by atoms with Crippen molar-refractivity contribution in [1.82, 2.24) is 9.97 Å². The van der Waals surface area contributed by atoms with Gasteiger partial charge in [-0.2, -0.15) is 0 Å². The van der Waals surface area contributed by atoms with Crippen molar-refractivity contribution in [2.45, 2.75) is 64.5 Å². The number of hydrogen-bond donors (Lipinski definition) is 2. The Morgan fingerprint density at radius 2 is 1.64 bits per heavy atom. The van der Waals surface area contributed by atoms with Crippen LogP contribution in [-0.4, -0.2) is 35.1 Å². The van der Waals surface area contributed by atoms with Crippen LogP contribution >= 0.6 is 0 Å². The highest BCUT2D eigenvalue weighted by Crippen LogP contribution is 2.44. The molecule has 5 heteroatoms. The van der Waals surface area contributed by atoms with Crippen molar-refractivity contribution < 1.29 is 0 Å². The normalized spacial score (nSPS) is 33.0. The molecule has 25 heavy (non-hydrogen) atoms. The predicted molar refractivity (Wildman–Crippen MR) is 103 cm³/mol. The van der Waals surface area contributed by atoms with Gasteiger partial charge in [-0.05, 0) is 62.2 Å². The predicted octanol–water partition coefficient (Wildman–Crippen LogP) is 3.28. The van der Waals surface area contributed by atoms with E-state index in [-0.39, 0.29) is 0 Å². The molecule has 2 heterocycles. The molecule has 3 fully saturated rings. The molecule has 5 nitrogen and oxygen atoms in total. The summed E-state index contributed by atoms with van der Waals surface area (Å²) in [6.45, 7) is 6.84. The zero-order valence-electron chi connectivity index (χ0n) is 15.7. The summed E-state index contributed by atoms with van der Waals surface area (Å²) in [5, 5.41) is 3.65. The first kappa shape index (κ1) is 17.1. The van der Waals surface area contributed by atoms with Crippen molar-refractivity contribution in [2.75, 3.05) is 23.3 Å². The van der Waals surface area contributed by atoms with Gasteiger partial charge >= 0.3 is 0 Å². The van der Waals surface area contributed by atoms with Gasteiger partial charge in [0.25, 0.3) is 0 Å². The lowest BCUT2D eigenvalue weighted by Gasteiger charge is -2.33. The average molecular weight is 344 g/mol. The summed E-state index contributed by atoms with van der Waals surface area (Å²) in [6, 6.07) is 1.01. The molecule has 2 aliphatic carbocycles. The van der Waals surface area contributed by atoms with Crippen LogP contribution in [-0.2, 0) is 0 Å². The highest BCUT2D eigenvalue weighted by Gasteiger charge is 2.40. The number of nitrogens with zero attached hydrogens (tertiary/aromatic N) is 3. The second kappa shape index (κ2) is 7.10. The van der Waals surface area contributed by atoms with E-state index in [1.807, 2.05) is 12.4 Å². The van der Waals surface area contributed by atoms with E-state index in [0.29, 0.717) is 12.1 Å². The summed E-state index contributed by atoms with van der Waals surface area (Å²) in [5.74, 6) is 4.19. The second-order valence-corrected chi connectivity index (χ2v) is 8.90. The van der Waals surface area contributed by atoms with Gasteiger partial charge in [0.1, 0.15) is 0 Å². The summed E-state index contributed by atoms with van der Waals surface area (Å²) in [6.07, 6.45) is 11.4. The number of nitrogens with two attached hydrogens (primary N) is 1. The van der Waals surface area contributed by atoms with E-state index >= 15 is 0 Å². The largest absolute Gasteiger partial charge is 0.380 e. The van der Waals surface area contributed by atoms with Crippen molar-refractivity contribution >= 4 is 11.6 Å². The van der Waals surface area contributed by atoms with E-state index < -0.39 is 0 Å². The molecule has 0 spiro atoms. The van der Waals surface area contributed by atoms with Crippen molar-refractivity contribution in [3.05, 3.63) is 12.4 Å². The van der Waals surface area contributed by atoms with Crippen LogP contribution < -0.4 is 16.0 Å². The summed E-state index contributed by atoms with van der Waals surface area (Å²) >= 11 is 0. The number of nitrogens with one attached hydrogen (secondary N) is 1. The minimum atomic E-state index is 0.443. The van der Waals surface area contributed by atoms with Gasteiger partial charge in [0, 0.05) is 25.2 Å². The van der Waals surface area contributed by atoms with Gasteiger partial charge in [0.2, 0.25) is 5.95 Å². The van der Waals surface area contributed by atoms with Gasteiger partial charge in [-0.1, -0.05) is 13.8 Å². The Kier molecular flexibility index (Phi) is 4.85. The maximum atomic E-state index is 6.09. The molecule has 0 radical (unpaired) electrons. The van der Waals surface area contributed by atoms with Crippen LogP contribution in [0.1, 0.15) is 52.4 Å². The third-order valence-electron chi connectivity index (χ3n) is 6.83. The fraction of sp³-hybridized carbons (Fsp3) is 0.800. The van der Waals surface area contributed by atoms with E-state index in [0.717, 1.165) is 48.4 Å². The number of anilines is 2. The van der Waals surface area contributed by atoms with Crippen LogP contribution in [0.25, 0.3) is 0 Å². The molecule has 2 unspecified atom stereocenters. The number of fused-ring (bicyclic) bond motifs is 1. The zero-order valence-corrected chi connectivity index (χ0v) is 15.7. The molecule has 4 atom stereocenters. The Morgan fingerprint density at radius 3 is 2.20 bits per heavy atom. The number of hydrogen-bond acceptors (Lipinski definition) is 5. The molecular formula is C20H33N5. The summed E-state index contributed by atoms with van der Waals surface area (Å²) in [5.41, 5.74) is 7.16. The van der Waals surface area contributed by atoms with Gasteiger partial charge < -0.3 is 16.0 Å². The summed E-state index contributed by atoms with van der Waals surface area (Å²) in [7, 11) is 0. The summed E-state index contributed by atoms with van der Waals surface area (Å²) in [4.78, 5) is 11.6. The lowest BCUT2D eigenvalue weighted by Crippen LogP contribution is -2.36. The van der Waals surface area contributed by atoms with Crippen LogP contribution in [0, 0.1) is 23.7 Å². The quantitative estimate of drug-likeness (QED) is 0.878. The molecule has 1 aromatic heterocycles. The molecule has 2 saturated carbocycles. The van der Waals surface area contributed by atoms with Gasteiger partial charge in [0.15, 0.2) is 0 Å². The van der Waals surface area contributed by atoms with Gasteiger partial charge in [0.05, 0.1) is 18.1 Å². The molecule has 1 saturated heterocycles. The van der Waals surface area contributed by atoms with E-state index in [1.54, 1.807) is 0 Å². The first-order valence-electron chi connectivity index (χ1n) is 10.2. The van der Waals surface area contributed by atoms with Crippen LogP contribution in [0.15, 0.2) is 12.4 Å². The van der Waals surface area contributed by atoms with Gasteiger partial charge in [-0.25, -0.2) is 9.97 Å². The minimum Gasteiger partial charge on any atom is -0.380 e. The average Bonchev–Trinajstić information content (AvgIpc) is 3.12. The second-order valence-electron chi connectivity index (χ2n) is 8.90. The third kappa shape index (κ3) is 3.76. The fourth-order valence-electron chi connectivity index (χ4n) is 5.34. The molecular weight excluding hydrogens is 310 g/mol. The first-order chi connectivity index (χ1) is 12.1. The molecule has 0 aromatic carbocycles. The number of rotatable bonds is 4. The molecule has 3 N–H and O–H groups in total. The molecule has 3 aliphatic rings. The molecule has 0 amide bonds. The van der Waals surface area contributed by atoms with Gasteiger partial charge in [-0.15, -0.1) is 0 Å².